The second-order valence-corrected chi connectivity index (χ2v) is 5.83. The fourth-order valence-corrected chi connectivity index (χ4v) is 2.12. The van der Waals surface area contributed by atoms with Gasteiger partial charge in [0, 0.05) is 19.0 Å². The standard InChI is InChI=1S/C18H16F5N5O/c1-10(29)15(25-7-11-4-2-3-5-12(11)19)6-14(24)17-26-8-13(20)16(28-17)27-9-18(21,22)23/h2-6,8,24-25H,7,9H2,1H3,(H,26,27,28)/b15-6-,24-14?. The molecule has 29 heavy (non-hydrogen) atoms. The smallest absolute Gasteiger partial charge is 0.378 e. The number of rotatable bonds is 8. The zero-order valence-corrected chi connectivity index (χ0v) is 15.1. The van der Waals surface area contributed by atoms with Gasteiger partial charge in [-0.2, -0.15) is 13.2 Å². The van der Waals surface area contributed by atoms with Crippen LogP contribution >= 0.6 is 0 Å². The van der Waals surface area contributed by atoms with Gasteiger partial charge in [0.25, 0.3) is 0 Å². The predicted octanol–water partition coefficient (Wildman–Crippen LogP) is 3.36. The summed E-state index contributed by atoms with van der Waals surface area (Å²) in [4.78, 5) is 18.9. The predicted molar refractivity (Wildman–Crippen MR) is 95.4 cm³/mol. The van der Waals surface area contributed by atoms with Gasteiger partial charge in [-0.25, -0.2) is 18.7 Å². The largest absolute Gasteiger partial charge is 0.405 e. The lowest BCUT2D eigenvalue weighted by molar-refractivity contribution is -0.115. The van der Waals surface area contributed by atoms with E-state index in [4.69, 9.17) is 5.41 Å². The van der Waals surface area contributed by atoms with Crippen molar-refractivity contribution in [3.8, 4) is 0 Å². The molecular formula is C18H16F5N5O. The molecule has 2 aromatic rings. The molecule has 0 spiro atoms. The van der Waals surface area contributed by atoms with E-state index in [9.17, 15) is 26.7 Å². The van der Waals surface area contributed by atoms with E-state index in [0.717, 1.165) is 6.08 Å². The van der Waals surface area contributed by atoms with Gasteiger partial charge < -0.3 is 10.6 Å². The number of ketones is 1. The fraction of sp³-hybridized carbons (Fsp3) is 0.222. The fourth-order valence-electron chi connectivity index (χ4n) is 2.12. The van der Waals surface area contributed by atoms with Gasteiger partial charge in [0.1, 0.15) is 18.1 Å². The van der Waals surface area contributed by atoms with E-state index in [1.807, 2.05) is 0 Å². The van der Waals surface area contributed by atoms with E-state index >= 15 is 0 Å². The number of allylic oxidation sites excluding steroid dienone is 2. The molecule has 0 bridgehead atoms. The molecule has 0 aliphatic rings. The van der Waals surface area contributed by atoms with Gasteiger partial charge in [-0.3, -0.25) is 10.2 Å². The van der Waals surface area contributed by atoms with Crippen molar-refractivity contribution < 1.29 is 26.7 Å². The monoisotopic (exact) mass is 413 g/mol. The minimum Gasteiger partial charge on any atom is -0.378 e. The van der Waals surface area contributed by atoms with E-state index < -0.39 is 47.5 Å². The van der Waals surface area contributed by atoms with Gasteiger partial charge in [-0.1, -0.05) is 18.2 Å². The third kappa shape index (κ3) is 6.63. The molecule has 0 aliphatic heterocycles. The Kier molecular flexibility index (Phi) is 6.97. The van der Waals surface area contributed by atoms with Crippen molar-refractivity contribution in [2.75, 3.05) is 11.9 Å². The van der Waals surface area contributed by atoms with Crippen LogP contribution in [0.2, 0.25) is 0 Å². The molecule has 1 aromatic heterocycles. The topological polar surface area (TPSA) is 90.8 Å². The highest BCUT2D eigenvalue weighted by molar-refractivity contribution is 6.09. The van der Waals surface area contributed by atoms with Crippen LogP contribution in [0.3, 0.4) is 0 Å². The summed E-state index contributed by atoms with van der Waals surface area (Å²) in [5.41, 5.74) is -0.245. The summed E-state index contributed by atoms with van der Waals surface area (Å²) < 4.78 is 64.2. The van der Waals surface area contributed by atoms with Gasteiger partial charge in [0.15, 0.2) is 23.2 Å². The number of carbonyl (C=O) groups excluding carboxylic acids is 1. The maximum atomic E-state index is 13.7. The Morgan fingerprint density at radius 1 is 1.21 bits per heavy atom. The van der Waals surface area contributed by atoms with Crippen molar-refractivity contribution in [2.45, 2.75) is 19.6 Å². The number of hydrogen-bond donors (Lipinski definition) is 3. The average molecular weight is 413 g/mol. The zero-order chi connectivity index (χ0) is 21.6. The number of alkyl halides is 3. The van der Waals surface area contributed by atoms with E-state index in [1.54, 1.807) is 11.4 Å². The first-order chi connectivity index (χ1) is 13.6. The SMILES string of the molecule is CC(=O)/C(=C/C(=N)c1ncc(F)c(NCC(F)(F)F)n1)NCc1ccccc1F. The molecule has 0 radical (unpaired) electrons. The molecule has 3 N–H and O–H groups in total. The lowest BCUT2D eigenvalue weighted by Gasteiger charge is -2.11. The Morgan fingerprint density at radius 3 is 2.52 bits per heavy atom. The Hall–Kier alpha value is -3.37. The van der Waals surface area contributed by atoms with Crippen LogP contribution in [0.4, 0.5) is 27.8 Å². The lowest BCUT2D eigenvalue weighted by atomic mass is 10.2. The van der Waals surface area contributed by atoms with Crippen molar-refractivity contribution in [1.29, 1.82) is 5.41 Å². The highest BCUT2D eigenvalue weighted by Crippen LogP contribution is 2.17. The number of benzene rings is 1. The van der Waals surface area contributed by atoms with Crippen molar-refractivity contribution in [3.05, 3.63) is 65.3 Å². The first kappa shape index (κ1) is 21.9. The van der Waals surface area contributed by atoms with E-state index in [1.165, 1.54) is 25.1 Å². The van der Waals surface area contributed by atoms with Gasteiger partial charge >= 0.3 is 6.18 Å². The molecule has 0 saturated heterocycles. The Balaban J connectivity index is 2.18. The van der Waals surface area contributed by atoms with Crippen molar-refractivity contribution in [2.24, 2.45) is 0 Å². The number of nitrogens with one attached hydrogen (secondary N) is 3. The van der Waals surface area contributed by atoms with Crippen LogP contribution in [0, 0.1) is 17.0 Å². The molecule has 0 saturated carbocycles. The molecule has 0 unspecified atom stereocenters. The van der Waals surface area contributed by atoms with Crippen molar-refractivity contribution >= 4 is 17.3 Å². The molecule has 6 nitrogen and oxygen atoms in total. The third-order valence-electron chi connectivity index (χ3n) is 3.54. The minimum absolute atomic E-state index is 0.0476. The van der Waals surface area contributed by atoms with Crippen LogP contribution < -0.4 is 10.6 Å². The van der Waals surface area contributed by atoms with Gasteiger partial charge in [0.05, 0.1) is 11.9 Å². The number of nitrogens with zero attached hydrogens (tertiary/aromatic N) is 2. The van der Waals surface area contributed by atoms with Crippen molar-refractivity contribution in [1.82, 2.24) is 15.3 Å². The molecule has 1 heterocycles. The molecule has 154 valence electrons. The van der Waals surface area contributed by atoms with Gasteiger partial charge in [0.2, 0.25) is 0 Å². The molecule has 1 aromatic carbocycles. The van der Waals surface area contributed by atoms with Gasteiger partial charge in [-0.05, 0) is 12.1 Å². The van der Waals surface area contributed by atoms with Crippen LogP contribution in [-0.4, -0.2) is 34.2 Å². The quantitative estimate of drug-likeness (QED) is 0.351. The number of Topliss-reactive ketones (excluding diaryl/α,β-unsaturated/α-hetero) is 1. The van der Waals surface area contributed by atoms with E-state index in [2.05, 4.69) is 15.3 Å². The van der Waals surface area contributed by atoms with Crippen LogP contribution in [0.1, 0.15) is 18.3 Å². The number of hydrogen-bond acceptors (Lipinski definition) is 6. The lowest BCUT2D eigenvalue weighted by Crippen LogP contribution is -2.23. The Bertz CT molecular complexity index is 942. The molecule has 2 rings (SSSR count). The van der Waals surface area contributed by atoms with Crippen LogP contribution in [0.25, 0.3) is 0 Å². The number of carbonyl (C=O) groups is 1. The molecule has 0 aliphatic carbocycles. The molecule has 0 fully saturated rings. The second kappa shape index (κ2) is 9.22. The number of halogens is 5. The van der Waals surface area contributed by atoms with Crippen molar-refractivity contribution in [3.63, 3.8) is 0 Å². The van der Waals surface area contributed by atoms with Crippen LogP contribution in [0.5, 0.6) is 0 Å². The molecular weight excluding hydrogens is 397 g/mol. The Labute approximate surface area is 162 Å². The average Bonchev–Trinajstić information content (AvgIpc) is 2.64. The van der Waals surface area contributed by atoms with E-state index in [-0.39, 0.29) is 17.8 Å². The highest BCUT2D eigenvalue weighted by atomic mass is 19.4. The maximum absolute atomic E-state index is 13.7. The number of anilines is 1. The van der Waals surface area contributed by atoms with Crippen LogP contribution in [0.15, 0.2) is 42.2 Å². The summed E-state index contributed by atoms with van der Waals surface area (Å²) in [6.07, 6.45) is -2.95. The third-order valence-corrected chi connectivity index (χ3v) is 3.54. The van der Waals surface area contributed by atoms with Gasteiger partial charge in [-0.15, -0.1) is 0 Å². The summed E-state index contributed by atoms with van der Waals surface area (Å²) in [5, 5.41) is 12.4. The summed E-state index contributed by atoms with van der Waals surface area (Å²) >= 11 is 0. The first-order valence-corrected chi connectivity index (χ1v) is 8.19. The van der Waals surface area contributed by atoms with Crippen LogP contribution in [-0.2, 0) is 11.3 Å². The minimum atomic E-state index is -4.59. The highest BCUT2D eigenvalue weighted by Gasteiger charge is 2.27. The maximum Gasteiger partial charge on any atom is 0.405 e. The van der Waals surface area contributed by atoms with E-state index in [0.29, 0.717) is 6.20 Å². The molecule has 0 atom stereocenters. The number of aromatic nitrogens is 2. The second-order valence-electron chi connectivity index (χ2n) is 5.83. The Morgan fingerprint density at radius 2 is 1.90 bits per heavy atom. The zero-order valence-electron chi connectivity index (χ0n) is 15.1. The first-order valence-electron chi connectivity index (χ1n) is 8.19. The summed E-state index contributed by atoms with van der Waals surface area (Å²) in [6.45, 7) is -0.365. The summed E-state index contributed by atoms with van der Waals surface area (Å²) in [5.74, 6) is -3.22. The summed E-state index contributed by atoms with van der Waals surface area (Å²) in [7, 11) is 0. The summed E-state index contributed by atoms with van der Waals surface area (Å²) in [6, 6.07) is 5.87. The molecule has 0 amide bonds. The molecule has 11 heteroatoms. The normalized spacial score (nSPS) is 11.9.